The highest BCUT2D eigenvalue weighted by molar-refractivity contribution is 9.09. The minimum Gasteiger partial charge on any atom is -0.207 e. The predicted octanol–water partition coefficient (Wildman–Crippen LogP) is 4.48. The van der Waals surface area contributed by atoms with Gasteiger partial charge in [-0.05, 0) is 36.8 Å². The van der Waals surface area contributed by atoms with Crippen LogP contribution < -0.4 is 0 Å². The second kappa shape index (κ2) is 7.30. The second-order valence-corrected chi connectivity index (χ2v) is 5.02. The zero-order valence-corrected chi connectivity index (χ0v) is 10.4. The zero-order chi connectivity index (χ0) is 10.2. The molecule has 0 aliphatic carbocycles. The molecule has 0 nitrogen and oxygen atoms in total. The molecule has 0 heterocycles. The number of halogens is 2. The van der Waals surface area contributed by atoms with Gasteiger partial charge in [0.25, 0.3) is 0 Å². The van der Waals surface area contributed by atoms with Crippen LogP contribution in [0.4, 0.5) is 4.39 Å². The highest BCUT2D eigenvalue weighted by Gasteiger charge is 1.95. The third kappa shape index (κ3) is 5.01. The van der Waals surface area contributed by atoms with Crippen molar-refractivity contribution in [2.24, 2.45) is 0 Å². The lowest BCUT2D eigenvalue weighted by molar-refractivity contribution is 0.624. The molecule has 78 valence electrons. The van der Waals surface area contributed by atoms with E-state index in [2.05, 4.69) is 15.9 Å². The van der Waals surface area contributed by atoms with E-state index in [4.69, 9.17) is 0 Å². The van der Waals surface area contributed by atoms with E-state index in [0.717, 1.165) is 16.0 Å². The lowest BCUT2D eigenvalue weighted by Gasteiger charge is -2.00. The van der Waals surface area contributed by atoms with Crippen molar-refractivity contribution in [1.29, 1.82) is 0 Å². The molecule has 0 saturated heterocycles. The summed E-state index contributed by atoms with van der Waals surface area (Å²) in [6.45, 7) is 0. The monoisotopic (exact) mass is 276 g/mol. The Morgan fingerprint density at radius 1 is 1.21 bits per heavy atom. The fourth-order valence-corrected chi connectivity index (χ4v) is 2.47. The van der Waals surface area contributed by atoms with E-state index in [1.807, 2.05) is 6.07 Å². The average molecular weight is 277 g/mol. The Balaban J connectivity index is 2.18. The molecule has 3 heteroatoms. The molecule has 0 saturated carbocycles. The first kappa shape index (κ1) is 12.1. The third-order valence-electron chi connectivity index (χ3n) is 1.84. The van der Waals surface area contributed by atoms with Crippen molar-refractivity contribution < 1.29 is 4.39 Å². The smallest absolute Gasteiger partial charge is 0.124 e. The van der Waals surface area contributed by atoms with Gasteiger partial charge >= 0.3 is 0 Å². The van der Waals surface area contributed by atoms with Crippen LogP contribution in [0.15, 0.2) is 29.2 Å². The molecule has 14 heavy (non-hydrogen) atoms. The average Bonchev–Trinajstić information content (AvgIpc) is 2.18. The van der Waals surface area contributed by atoms with Crippen molar-refractivity contribution in [2.75, 3.05) is 11.1 Å². The minimum absolute atomic E-state index is 0.143. The van der Waals surface area contributed by atoms with Crippen LogP contribution in [0.5, 0.6) is 0 Å². The van der Waals surface area contributed by atoms with Gasteiger partial charge in [-0.3, -0.25) is 0 Å². The van der Waals surface area contributed by atoms with Crippen LogP contribution in [0, 0.1) is 5.82 Å². The van der Waals surface area contributed by atoms with Gasteiger partial charge in [-0.1, -0.05) is 28.4 Å². The maximum absolute atomic E-state index is 12.8. The maximum Gasteiger partial charge on any atom is 0.124 e. The van der Waals surface area contributed by atoms with Crippen LogP contribution in [0.1, 0.15) is 19.3 Å². The number of unbranched alkanes of at least 4 members (excludes halogenated alkanes) is 2. The van der Waals surface area contributed by atoms with E-state index in [1.54, 1.807) is 23.9 Å². The lowest BCUT2D eigenvalue weighted by atomic mass is 10.3. The van der Waals surface area contributed by atoms with E-state index in [1.165, 1.54) is 25.3 Å². The first-order chi connectivity index (χ1) is 6.83. The van der Waals surface area contributed by atoms with Gasteiger partial charge in [0, 0.05) is 10.2 Å². The van der Waals surface area contributed by atoms with Crippen LogP contribution in [0.3, 0.4) is 0 Å². The summed E-state index contributed by atoms with van der Waals surface area (Å²) in [4.78, 5) is 1.03. The van der Waals surface area contributed by atoms with Gasteiger partial charge in [-0.25, -0.2) is 4.39 Å². The summed E-state index contributed by atoms with van der Waals surface area (Å²) in [6, 6.07) is 6.79. The minimum atomic E-state index is -0.143. The molecule has 0 aliphatic rings. The van der Waals surface area contributed by atoms with Gasteiger partial charge in [0.2, 0.25) is 0 Å². The highest BCUT2D eigenvalue weighted by atomic mass is 79.9. The molecule has 0 unspecified atom stereocenters. The van der Waals surface area contributed by atoms with Gasteiger partial charge in [0.05, 0.1) is 0 Å². The second-order valence-electron chi connectivity index (χ2n) is 3.06. The Labute approximate surface area is 97.4 Å². The van der Waals surface area contributed by atoms with E-state index < -0.39 is 0 Å². The standard InChI is InChI=1S/C11H14BrFS/c12-7-2-1-3-8-14-11-6-4-5-10(13)9-11/h4-6,9H,1-3,7-8H2. The fourth-order valence-electron chi connectivity index (χ4n) is 1.12. The highest BCUT2D eigenvalue weighted by Crippen LogP contribution is 2.20. The molecule has 0 radical (unpaired) electrons. The number of alkyl halides is 1. The molecule has 0 aliphatic heterocycles. The summed E-state index contributed by atoms with van der Waals surface area (Å²) in [5.41, 5.74) is 0. The first-order valence-electron chi connectivity index (χ1n) is 4.77. The number of thioether (sulfide) groups is 1. The predicted molar refractivity (Wildman–Crippen MR) is 64.8 cm³/mol. The molecule has 0 fully saturated rings. The van der Waals surface area contributed by atoms with Crippen LogP contribution >= 0.6 is 27.7 Å². The number of hydrogen-bond donors (Lipinski definition) is 0. The molecule has 1 aromatic carbocycles. The Morgan fingerprint density at radius 3 is 2.79 bits per heavy atom. The van der Waals surface area contributed by atoms with Crippen LogP contribution in [-0.2, 0) is 0 Å². The lowest BCUT2D eigenvalue weighted by Crippen LogP contribution is -1.83. The van der Waals surface area contributed by atoms with Gasteiger partial charge < -0.3 is 0 Å². The molecule has 1 aromatic rings. The zero-order valence-electron chi connectivity index (χ0n) is 8.01. The quantitative estimate of drug-likeness (QED) is 0.419. The summed E-state index contributed by atoms with van der Waals surface area (Å²) in [5.74, 6) is 0.937. The van der Waals surface area contributed by atoms with E-state index in [0.29, 0.717) is 0 Å². The van der Waals surface area contributed by atoms with E-state index in [9.17, 15) is 4.39 Å². The van der Waals surface area contributed by atoms with Gasteiger partial charge in [-0.15, -0.1) is 11.8 Å². The Hall–Kier alpha value is -0.0200. The van der Waals surface area contributed by atoms with E-state index >= 15 is 0 Å². The van der Waals surface area contributed by atoms with Crippen molar-refractivity contribution in [2.45, 2.75) is 24.2 Å². The van der Waals surface area contributed by atoms with Gasteiger partial charge in [-0.2, -0.15) is 0 Å². The van der Waals surface area contributed by atoms with Crippen molar-refractivity contribution in [3.63, 3.8) is 0 Å². The molecule has 0 amide bonds. The maximum atomic E-state index is 12.8. The summed E-state index contributed by atoms with van der Waals surface area (Å²) in [5, 5.41) is 1.08. The Bertz CT molecular complexity index is 265. The van der Waals surface area contributed by atoms with E-state index in [-0.39, 0.29) is 5.82 Å². The number of hydrogen-bond acceptors (Lipinski definition) is 1. The summed E-state index contributed by atoms with van der Waals surface area (Å²) in [6.07, 6.45) is 3.67. The topological polar surface area (TPSA) is 0 Å². The molecule has 0 aromatic heterocycles. The largest absolute Gasteiger partial charge is 0.207 e. The fraction of sp³-hybridized carbons (Fsp3) is 0.455. The van der Waals surface area contributed by atoms with Crippen molar-refractivity contribution in [3.8, 4) is 0 Å². The molecule has 0 N–H and O–H groups in total. The van der Waals surface area contributed by atoms with Crippen LogP contribution in [0.25, 0.3) is 0 Å². The third-order valence-corrected chi connectivity index (χ3v) is 3.48. The SMILES string of the molecule is Fc1cccc(SCCCCCBr)c1. The number of benzene rings is 1. The van der Waals surface area contributed by atoms with Gasteiger partial charge in [0.1, 0.15) is 5.82 Å². The molecule has 0 bridgehead atoms. The molecule has 1 rings (SSSR count). The molecule has 0 spiro atoms. The number of rotatable bonds is 6. The molecular weight excluding hydrogens is 263 g/mol. The molecule has 0 atom stereocenters. The van der Waals surface area contributed by atoms with Crippen molar-refractivity contribution in [1.82, 2.24) is 0 Å². The van der Waals surface area contributed by atoms with Crippen molar-refractivity contribution in [3.05, 3.63) is 30.1 Å². The van der Waals surface area contributed by atoms with Crippen LogP contribution in [-0.4, -0.2) is 11.1 Å². The Morgan fingerprint density at radius 2 is 2.07 bits per heavy atom. The first-order valence-corrected chi connectivity index (χ1v) is 6.88. The Kier molecular flexibility index (Phi) is 6.28. The molecular formula is C11H14BrFS. The summed E-state index contributed by atoms with van der Waals surface area (Å²) >= 11 is 5.13. The summed E-state index contributed by atoms with van der Waals surface area (Å²) < 4.78 is 12.8. The summed E-state index contributed by atoms with van der Waals surface area (Å²) in [7, 11) is 0. The van der Waals surface area contributed by atoms with Crippen LogP contribution in [0.2, 0.25) is 0 Å². The van der Waals surface area contributed by atoms with Crippen molar-refractivity contribution >= 4 is 27.7 Å². The normalized spacial score (nSPS) is 10.4. The van der Waals surface area contributed by atoms with Gasteiger partial charge in [0.15, 0.2) is 0 Å².